The molecule has 0 saturated heterocycles. The fourth-order valence-electron chi connectivity index (χ4n) is 3.52. The van der Waals surface area contributed by atoms with Gasteiger partial charge >= 0.3 is 5.69 Å². The van der Waals surface area contributed by atoms with Crippen LogP contribution < -0.4 is 11.0 Å². The van der Waals surface area contributed by atoms with Gasteiger partial charge in [0.15, 0.2) is 0 Å². The third-order valence-corrected chi connectivity index (χ3v) is 5.23. The summed E-state index contributed by atoms with van der Waals surface area (Å²) in [6.07, 6.45) is 17.5. The number of carbonyl (C=O) groups is 2. The Morgan fingerprint density at radius 2 is 1.33 bits per heavy atom. The Hall–Kier alpha value is -2.02. The number of nitrogens with one attached hydrogen (secondary N) is 2. The summed E-state index contributed by atoms with van der Waals surface area (Å²) in [6.45, 7) is 4.09. The minimum atomic E-state index is -0.331. The fraction of sp³-hybridized carbons (Fsp3) is 0.739. The lowest BCUT2D eigenvalue weighted by Gasteiger charge is -2.22. The minimum absolute atomic E-state index is 0.331. The number of aromatic nitrogens is 2. The highest BCUT2D eigenvalue weighted by Crippen LogP contribution is 2.09. The van der Waals surface area contributed by atoms with Crippen molar-refractivity contribution in [3.05, 3.63) is 22.7 Å². The van der Waals surface area contributed by atoms with Gasteiger partial charge in [0, 0.05) is 25.6 Å². The summed E-state index contributed by atoms with van der Waals surface area (Å²) < 4.78 is 0. The summed E-state index contributed by atoms with van der Waals surface area (Å²) in [5.74, 6) is 0.715. The lowest BCUT2D eigenvalue weighted by atomic mass is 10.1. The van der Waals surface area contributed by atoms with Crippen LogP contribution in [-0.2, 0) is 9.59 Å². The van der Waals surface area contributed by atoms with E-state index in [2.05, 4.69) is 20.2 Å². The van der Waals surface area contributed by atoms with E-state index in [0.717, 1.165) is 70.9 Å². The van der Waals surface area contributed by atoms with Gasteiger partial charge in [-0.3, -0.25) is 4.98 Å². The lowest BCUT2D eigenvalue weighted by Crippen LogP contribution is -2.28. The molecule has 0 fully saturated rings. The molecular formula is C23H40N4O3. The first-order valence-electron chi connectivity index (χ1n) is 11.6. The molecule has 170 valence electrons. The van der Waals surface area contributed by atoms with Crippen molar-refractivity contribution in [3.63, 3.8) is 0 Å². The van der Waals surface area contributed by atoms with Gasteiger partial charge in [-0.1, -0.05) is 38.5 Å². The average Bonchev–Trinajstić information content (AvgIpc) is 2.75. The van der Waals surface area contributed by atoms with Crippen LogP contribution in [0.3, 0.4) is 0 Å². The van der Waals surface area contributed by atoms with E-state index >= 15 is 0 Å². The summed E-state index contributed by atoms with van der Waals surface area (Å²) in [5.41, 5.74) is -0.331. The standard InChI is InChI=1S/C23H40N4O3/c28-20-11-7-3-1-5-9-17-27(18-10-6-2-4-8-12-21-29)19-13-15-24-22-14-16-25-23(30)26-22/h14,16,20-21H,1-13,15,17-19H2,(H2,24,25,26,30). The van der Waals surface area contributed by atoms with Crippen molar-refractivity contribution in [3.8, 4) is 0 Å². The smallest absolute Gasteiger partial charge is 0.346 e. The highest BCUT2D eigenvalue weighted by Gasteiger charge is 2.05. The molecule has 0 aliphatic rings. The predicted octanol–water partition coefficient (Wildman–Crippen LogP) is 3.95. The van der Waals surface area contributed by atoms with E-state index in [9.17, 15) is 14.4 Å². The van der Waals surface area contributed by atoms with E-state index in [-0.39, 0.29) is 5.69 Å². The summed E-state index contributed by atoms with van der Waals surface area (Å²) in [4.78, 5) is 40.8. The highest BCUT2D eigenvalue weighted by atomic mass is 16.1. The minimum Gasteiger partial charge on any atom is -0.371 e. The van der Waals surface area contributed by atoms with Crippen LogP contribution in [0.4, 0.5) is 5.82 Å². The summed E-state index contributed by atoms with van der Waals surface area (Å²) in [6, 6.07) is 1.77. The number of H-pyrrole nitrogens is 1. The highest BCUT2D eigenvalue weighted by molar-refractivity contribution is 5.49. The second-order valence-corrected chi connectivity index (χ2v) is 7.86. The van der Waals surface area contributed by atoms with E-state index in [1.54, 1.807) is 6.07 Å². The molecule has 7 heteroatoms. The van der Waals surface area contributed by atoms with Gasteiger partial charge in [-0.2, -0.15) is 0 Å². The van der Waals surface area contributed by atoms with Crippen molar-refractivity contribution < 1.29 is 9.59 Å². The van der Waals surface area contributed by atoms with Crippen LogP contribution in [-0.4, -0.2) is 53.6 Å². The molecule has 1 aromatic rings. The maximum absolute atomic E-state index is 11.2. The number of aromatic amines is 1. The number of hydrogen-bond acceptors (Lipinski definition) is 6. The molecule has 30 heavy (non-hydrogen) atoms. The van der Waals surface area contributed by atoms with Crippen LogP contribution in [0.15, 0.2) is 17.1 Å². The molecule has 1 aromatic heterocycles. The Labute approximate surface area is 181 Å². The Balaban J connectivity index is 2.23. The summed E-state index contributed by atoms with van der Waals surface area (Å²) in [7, 11) is 0. The molecule has 0 aliphatic carbocycles. The quantitative estimate of drug-likeness (QED) is 0.231. The van der Waals surface area contributed by atoms with Crippen LogP contribution in [0.1, 0.15) is 83.5 Å². The van der Waals surface area contributed by atoms with Gasteiger partial charge < -0.3 is 19.8 Å². The van der Waals surface area contributed by atoms with Crippen molar-refractivity contribution >= 4 is 18.4 Å². The van der Waals surface area contributed by atoms with Gasteiger partial charge in [0.05, 0.1) is 0 Å². The Kier molecular flexibility index (Phi) is 16.5. The van der Waals surface area contributed by atoms with Crippen molar-refractivity contribution in [2.45, 2.75) is 83.5 Å². The Bertz CT molecular complexity index is 584. The molecule has 0 unspecified atom stereocenters. The average molecular weight is 421 g/mol. The Morgan fingerprint density at radius 1 is 0.800 bits per heavy atom. The maximum atomic E-state index is 11.2. The molecule has 0 saturated carbocycles. The zero-order valence-corrected chi connectivity index (χ0v) is 18.4. The number of nitrogens with zero attached hydrogens (tertiary/aromatic N) is 2. The molecule has 0 radical (unpaired) electrons. The first-order valence-corrected chi connectivity index (χ1v) is 11.6. The molecule has 0 amide bonds. The van der Waals surface area contributed by atoms with Gasteiger partial charge in [-0.25, -0.2) is 9.78 Å². The van der Waals surface area contributed by atoms with Gasteiger partial charge in [-0.05, 0) is 57.8 Å². The molecule has 7 nitrogen and oxygen atoms in total. The maximum Gasteiger partial charge on any atom is 0.346 e. The third kappa shape index (κ3) is 14.9. The van der Waals surface area contributed by atoms with Crippen LogP contribution in [0.25, 0.3) is 0 Å². The molecule has 0 spiro atoms. The van der Waals surface area contributed by atoms with Gasteiger partial charge in [0.2, 0.25) is 0 Å². The fourth-order valence-corrected chi connectivity index (χ4v) is 3.52. The first-order chi connectivity index (χ1) is 14.8. The molecule has 0 bridgehead atoms. The number of rotatable bonds is 21. The number of unbranched alkanes of at least 4 members (excludes halogenated alkanes) is 10. The molecule has 1 heterocycles. The number of aldehydes is 2. The lowest BCUT2D eigenvalue weighted by molar-refractivity contribution is -0.108. The van der Waals surface area contributed by atoms with E-state index < -0.39 is 0 Å². The van der Waals surface area contributed by atoms with Crippen LogP contribution in [0.2, 0.25) is 0 Å². The molecule has 2 N–H and O–H groups in total. The van der Waals surface area contributed by atoms with E-state index in [1.807, 2.05) is 0 Å². The van der Waals surface area contributed by atoms with E-state index in [0.29, 0.717) is 18.7 Å². The monoisotopic (exact) mass is 420 g/mol. The van der Waals surface area contributed by atoms with Crippen molar-refractivity contribution in [2.24, 2.45) is 0 Å². The zero-order valence-electron chi connectivity index (χ0n) is 18.4. The number of carbonyl (C=O) groups excluding carboxylic acids is 2. The van der Waals surface area contributed by atoms with Crippen LogP contribution in [0, 0.1) is 0 Å². The summed E-state index contributed by atoms with van der Waals surface area (Å²) >= 11 is 0. The van der Waals surface area contributed by atoms with Crippen LogP contribution in [0.5, 0.6) is 0 Å². The van der Waals surface area contributed by atoms with E-state index in [1.165, 1.54) is 44.7 Å². The number of hydrogen-bond donors (Lipinski definition) is 2. The normalized spacial score (nSPS) is 11.0. The Morgan fingerprint density at radius 3 is 1.90 bits per heavy atom. The van der Waals surface area contributed by atoms with Gasteiger partial charge in [0.25, 0.3) is 0 Å². The molecule has 1 rings (SSSR count). The molecule has 0 atom stereocenters. The molecule has 0 aliphatic heterocycles. The zero-order chi connectivity index (χ0) is 21.7. The van der Waals surface area contributed by atoms with Gasteiger partial charge in [-0.15, -0.1) is 0 Å². The molecule has 0 aromatic carbocycles. The topological polar surface area (TPSA) is 95.2 Å². The third-order valence-electron chi connectivity index (χ3n) is 5.23. The van der Waals surface area contributed by atoms with Crippen molar-refractivity contribution in [1.82, 2.24) is 14.9 Å². The second-order valence-electron chi connectivity index (χ2n) is 7.86. The SMILES string of the molecule is O=CCCCCCCCN(CCCCCCCC=O)CCCNc1ccnc(=O)[nH]1. The summed E-state index contributed by atoms with van der Waals surface area (Å²) in [5, 5.41) is 3.25. The first kappa shape index (κ1) is 26.0. The number of anilines is 1. The molecular weight excluding hydrogens is 380 g/mol. The largest absolute Gasteiger partial charge is 0.371 e. The van der Waals surface area contributed by atoms with Crippen molar-refractivity contribution in [2.75, 3.05) is 31.5 Å². The van der Waals surface area contributed by atoms with E-state index in [4.69, 9.17) is 0 Å². The van der Waals surface area contributed by atoms with Crippen LogP contribution >= 0.6 is 0 Å². The van der Waals surface area contributed by atoms with Gasteiger partial charge in [0.1, 0.15) is 18.4 Å². The van der Waals surface area contributed by atoms with Crippen molar-refractivity contribution in [1.29, 1.82) is 0 Å². The second kappa shape index (κ2) is 19.0. The predicted molar refractivity (Wildman–Crippen MR) is 122 cm³/mol.